The Hall–Kier alpha value is -0.770. The SMILES string of the molecule is CNC(C)(C)C1(NC(=O)OC(C)(C)C)CCC1. The quantitative estimate of drug-likeness (QED) is 0.799. The molecule has 2 N–H and O–H groups in total. The van der Waals surface area contributed by atoms with Crippen LogP contribution in [0.25, 0.3) is 0 Å². The lowest BCUT2D eigenvalue weighted by Crippen LogP contribution is -2.70. The van der Waals surface area contributed by atoms with E-state index in [0.717, 1.165) is 19.3 Å². The number of carbonyl (C=O) groups is 1. The van der Waals surface area contributed by atoms with Crippen LogP contribution in [0.15, 0.2) is 0 Å². The van der Waals surface area contributed by atoms with E-state index in [2.05, 4.69) is 24.5 Å². The molecule has 1 aliphatic carbocycles. The third kappa shape index (κ3) is 3.12. The van der Waals surface area contributed by atoms with Crippen molar-refractivity contribution in [2.24, 2.45) is 0 Å². The maximum atomic E-state index is 11.9. The second-order valence-corrected chi connectivity index (χ2v) is 6.44. The van der Waals surface area contributed by atoms with Crippen LogP contribution in [0.5, 0.6) is 0 Å². The zero-order valence-corrected chi connectivity index (χ0v) is 11.9. The van der Waals surface area contributed by atoms with Crippen LogP contribution in [0.1, 0.15) is 53.9 Å². The van der Waals surface area contributed by atoms with Crippen molar-refractivity contribution in [2.75, 3.05) is 7.05 Å². The van der Waals surface area contributed by atoms with Crippen LogP contribution in [0.4, 0.5) is 4.79 Å². The lowest BCUT2D eigenvalue weighted by Gasteiger charge is -2.53. The van der Waals surface area contributed by atoms with Crippen molar-refractivity contribution in [1.29, 1.82) is 0 Å². The molecule has 0 heterocycles. The van der Waals surface area contributed by atoms with Crippen molar-refractivity contribution in [3.05, 3.63) is 0 Å². The summed E-state index contributed by atoms with van der Waals surface area (Å²) < 4.78 is 5.33. The van der Waals surface area contributed by atoms with Gasteiger partial charge in [-0.25, -0.2) is 4.79 Å². The smallest absolute Gasteiger partial charge is 0.408 e. The van der Waals surface area contributed by atoms with Gasteiger partial charge in [0.1, 0.15) is 5.60 Å². The molecule has 17 heavy (non-hydrogen) atoms. The molecule has 0 aromatic heterocycles. The van der Waals surface area contributed by atoms with Gasteiger partial charge in [0.2, 0.25) is 0 Å². The van der Waals surface area contributed by atoms with Crippen molar-refractivity contribution in [3.63, 3.8) is 0 Å². The molecule has 0 aromatic carbocycles. The average Bonchev–Trinajstić information content (AvgIpc) is 2.08. The molecule has 0 spiro atoms. The zero-order chi connectivity index (χ0) is 13.3. The van der Waals surface area contributed by atoms with Crippen LogP contribution < -0.4 is 10.6 Å². The second-order valence-electron chi connectivity index (χ2n) is 6.44. The van der Waals surface area contributed by atoms with Crippen LogP contribution in [0.2, 0.25) is 0 Å². The second kappa shape index (κ2) is 4.48. The normalized spacial score (nSPS) is 19.4. The fraction of sp³-hybridized carbons (Fsp3) is 0.923. The fourth-order valence-corrected chi connectivity index (χ4v) is 2.17. The van der Waals surface area contributed by atoms with Gasteiger partial charge in [0, 0.05) is 5.54 Å². The summed E-state index contributed by atoms with van der Waals surface area (Å²) in [5.41, 5.74) is -0.745. The molecule has 4 nitrogen and oxygen atoms in total. The highest BCUT2D eigenvalue weighted by atomic mass is 16.6. The lowest BCUT2D eigenvalue weighted by atomic mass is 9.65. The first kappa shape index (κ1) is 14.3. The number of nitrogens with one attached hydrogen (secondary N) is 2. The van der Waals surface area contributed by atoms with Crippen LogP contribution in [-0.4, -0.2) is 29.8 Å². The predicted octanol–water partition coefficient (Wildman–Crippen LogP) is 2.43. The maximum Gasteiger partial charge on any atom is 0.408 e. The van der Waals surface area contributed by atoms with Crippen molar-refractivity contribution in [1.82, 2.24) is 10.6 Å². The first-order valence-corrected chi connectivity index (χ1v) is 6.32. The number of carbonyl (C=O) groups excluding carboxylic acids is 1. The highest BCUT2D eigenvalue weighted by molar-refractivity contribution is 5.69. The Kier molecular flexibility index (Phi) is 3.77. The van der Waals surface area contributed by atoms with Crippen molar-refractivity contribution in [3.8, 4) is 0 Å². The predicted molar refractivity (Wildman–Crippen MR) is 69.1 cm³/mol. The van der Waals surface area contributed by atoms with Crippen LogP contribution in [0, 0.1) is 0 Å². The van der Waals surface area contributed by atoms with Crippen molar-refractivity contribution < 1.29 is 9.53 Å². The summed E-state index contributed by atoms with van der Waals surface area (Å²) in [5.74, 6) is 0. The molecule has 0 unspecified atom stereocenters. The first-order chi connectivity index (χ1) is 7.62. The van der Waals surface area contributed by atoms with E-state index in [4.69, 9.17) is 4.74 Å². The van der Waals surface area contributed by atoms with Gasteiger partial charge in [-0.05, 0) is 60.9 Å². The third-order valence-electron chi connectivity index (χ3n) is 3.77. The van der Waals surface area contributed by atoms with Crippen LogP contribution >= 0.6 is 0 Å². The Morgan fingerprint density at radius 1 is 1.18 bits per heavy atom. The molecule has 0 radical (unpaired) electrons. The molecule has 1 aliphatic rings. The molecular weight excluding hydrogens is 216 g/mol. The van der Waals surface area contributed by atoms with Gasteiger partial charge in [0.25, 0.3) is 0 Å². The Morgan fingerprint density at radius 2 is 1.71 bits per heavy atom. The van der Waals surface area contributed by atoms with Gasteiger partial charge in [-0.2, -0.15) is 0 Å². The van der Waals surface area contributed by atoms with E-state index in [9.17, 15) is 4.79 Å². The average molecular weight is 242 g/mol. The zero-order valence-electron chi connectivity index (χ0n) is 11.9. The summed E-state index contributed by atoms with van der Waals surface area (Å²) in [6.07, 6.45) is 2.83. The summed E-state index contributed by atoms with van der Waals surface area (Å²) in [7, 11) is 1.93. The minimum Gasteiger partial charge on any atom is -0.444 e. The number of hydrogen-bond donors (Lipinski definition) is 2. The van der Waals surface area contributed by atoms with Crippen LogP contribution in [0.3, 0.4) is 0 Å². The standard InChI is InChI=1S/C13H26N2O2/c1-11(2,3)17-10(16)15-13(8-7-9-13)12(4,5)14-6/h14H,7-9H2,1-6H3,(H,15,16). The first-order valence-electron chi connectivity index (χ1n) is 6.32. The Balaban J connectivity index is 2.68. The summed E-state index contributed by atoms with van der Waals surface area (Å²) in [6, 6.07) is 0. The van der Waals surface area contributed by atoms with Crippen molar-refractivity contribution in [2.45, 2.75) is 70.6 Å². The van der Waals surface area contributed by atoms with Gasteiger partial charge in [0.05, 0.1) is 5.54 Å². The number of ether oxygens (including phenoxy) is 1. The van der Waals surface area contributed by atoms with Gasteiger partial charge in [-0.15, -0.1) is 0 Å². The Bertz CT molecular complexity index is 288. The maximum absolute atomic E-state index is 11.9. The minimum atomic E-state index is -0.446. The number of hydrogen-bond acceptors (Lipinski definition) is 3. The van der Waals surface area contributed by atoms with E-state index in [1.54, 1.807) is 0 Å². The molecule has 0 atom stereocenters. The van der Waals surface area contributed by atoms with E-state index in [0.29, 0.717) is 0 Å². The van der Waals surface area contributed by atoms with Crippen molar-refractivity contribution >= 4 is 6.09 Å². The molecular formula is C13H26N2O2. The largest absolute Gasteiger partial charge is 0.444 e. The van der Waals surface area contributed by atoms with Gasteiger partial charge < -0.3 is 15.4 Å². The monoisotopic (exact) mass is 242 g/mol. The highest BCUT2D eigenvalue weighted by Crippen LogP contribution is 2.40. The van der Waals surface area contributed by atoms with E-state index in [1.807, 2.05) is 27.8 Å². The van der Waals surface area contributed by atoms with Gasteiger partial charge in [-0.3, -0.25) is 0 Å². The molecule has 1 amide bonds. The molecule has 100 valence electrons. The molecule has 0 bridgehead atoms. The molecule has 4 heteroatoms. The highest BCUT2D eigenvalue weighted by Gasteiger charge is 2.50. The van der Waals surface area contributed by atoms with E-state index in [1.165, 1.54) is 0 Å². The molecule has 1 fully saturated rings. The van der Waals surface area contributed by atoms with E-state index < -0.39 is 5.60 Å². The number of amides is 1. The van der Waals surface area contributed by atoms with Crippen LogP contribution in [-0.2, 0) is 4.74 Å². The topological polar surface area (TPSA) is 50.4 Å². The third-order valence-corrected chi connectivity index (χ3v) is 3.77. The fourth-order valence-electron chi connectivity index (χ4n) is 2.17. The molecule has 0 saturated heterocycles. The summed E-state index contributed by atoms with van der Waals surface area (Å²) in [4.78, 5) is 11.9. The summed E-state index contributed by atoms with van der Waals surface area (Å²) in [6.45, 7) is 9.86. The number of likely N-dealkylation sites (N-methyl/N-ethyl adjacent to an activating group) is 1. The number of rotatable bonds is 3. The van der Waals surface area contributed by atoms with E-state index in [-0.39, 0.29) is 17.2 Å². The van der Waals surface area contributed by atoms with E-state index >= 15 is 0 Å². The molecule has 1 rings (SSSR count). The molecule has 1 saturated carbocycles. The Morgan fingerprint density at radius 3 is 2.00 bits per heavy atom. The lowest BCUT2D eigenvalue weighted by molar-refractivity contribution is 0.0205. The molecule has 0 aromatic rings. The van der Waals surface area contributed by atoms with Gasteiger partial charge >= 0.3 is 6.09 Å². The summed E-state index contributed by atoms with van der Waals surface area (Å²) in [5, 5.41) is 6.34. The molecule has 0 aliphatic heterocycles. The number of alkyl carbamates (subject to hydrolysis) is 1. The summed E-state index contributed by atoms with van der Waals surface area (Å²) >= 11 is 0. The van der Waals surface area contributed by atoms with Gasteiger partial charge in [0.15, 0.2) is 0 Å². The van der Waals surface area contributed by atoms with Gasteiger partial charge in [-0.1, -0.05) is 0 Å². The minimum absolute atomic E-state index is 0.123. The Labute approximate surface area is 104 Å².